The summed E-state index contributed by atoms with van der Waals surface area (Å²) in [6.07, 6.45) is 0. The van der Waals surface area contributed by atoms with Crippen LogP contribution in [0.3, 0.4) is 0 Å². The van der Waals surface area contributed by atoms with E-state index in [2.05, 4.69) is 11.6 Å². The summed E-state index contributed by atoms with van der Waals surface area (Å²) < 4.78 is 11.7. The minimum absolute atomic E-state index is 0.331. The SMILES string of the molecule is C=C(C)C(=O)Oc1cc(-c2nc3ccccc3s2)ccc1OC. The number of esters is 1. The number of para-hydroxylation sites is 1. The Kier molecular flexibility index (Phi) is 4.12. The number of ether oxygens (including phenoxy) is 2. The lowest BCUT2D eigenvalue weighted by Crippen LogP contribution is -2.09. The fourth-order valence-electron chi connectivity index (χ4n) is 2.07. The first-order valence-corrected chi connectivity index (χ1v) is 7.82. The van der Waals surface area contributed by atoms with Crippen LogP contribution in [0.15, 0.2) is 54.6 Å². The van der Waals surface area contributed by atoms with Crippen LogP contribution >= 0.6 is 11.3 Å². The number of hydrogen-bond acceptors (Lipinski definition) is 5. The fourth-order valence-corrected chi connectivity index (χ4v) is 3.03. The molecule has 0 aliphatic heterocycles. The number of fused-ring (bicyclic) bond motifs is 1. The molecule has 3 aromatic rings. The van der Waals surface area contributed by atoms with Gasteiger partial charge in [0.25, 0.3) is 0 Å². The molecule has 0 saturated heterocycles. The summed E-state index contributed by atoms with van der Waals surface area (Å²) in [4.78, 5) is 16.4. The predicted molar refractivity (Wildman–Crippen MR) is 92.1 cm³/mol. The van der Waals surface area contributed by atoms with Gasteiger partial charge in [-0.2, -0.15) is 0 Å². The van der Waals surface area contributed by atoms with E-state index >= 15 is 0 Å². The highest BCUT2D eigenvalue weighted by Gasteiger charge is 2.14. The summed E-state index contributed by atoms with van der Waals surface area (Å²) in [5.41, 5.74) is 2.15. The van der Waals surface area contributed by atoms with E-state index in [1.165, 1.54) is 7.11 Å². The van der Waals surface area contributed by atoms with Crippen molar-refractivity contribution in [3.63, 3.8) is 0 Å². The molecule has 5 heteroatoms. The minimum atomic E-state index is -0.482. The van der Waals surface area contributed by atoms with Crippen LogP contribution in [-0.4, -0.2) is 18.1 Å². The molecule has 0 unspecified atom stereocenters. The molecule has 0 N–H and O–H groups in total. The first-order valence-electron chi connectivity index (χ1n) is 7.00. The Morgan fingerprint density at radius 3 is 2.65 bits per heavy atom. The number of carbonyl (C=O) groups is 1. The second-order valence-electron chi connectivity index (χ2n) is 5.02. The Balaban J connectivity index is 2.02. The third-order valence-electron chi connectivity index (χ3n) is 3.26. The molecular formula is C18H15NO3S. The van der Waals surface area contributed by atoms with E-state index < -0.39 is 5.97 Å². The number of aromatic nitrogens is 1. The Hall–Kier alpha value is -2.66. The van der Waals surface area contributed by atoms with Crippen LogP contribution in [0.2, 0.25) is 0 Å². The van der Waals surface area contributed by atoms with Gasteiger partial charge in [0.15, 0.2) is 11.5 Å². The smallest absolute Gasteiger partial charge is 0.338 e. The van der Waals surface area contributed by atoms with Crippen molar-refractivity contribution in [2.45, 2.75) is 6.92 Å². The van der Waals surface area contributed by atoms with Crippen molar-refractivity contribution in [1.29, 1.82) is 0 Å². The van der Waals surface area contributed by atoms with Gasteiger partial charge in [0, 0.05) is 11.1 Å². The van der Waals surface area contributed by atoms with Crippen molar-refractivity contribution in [1.82, 2.24) is 4.98 Å². The van der Waals surface area contributed by atoms with Gasteiger partial charge in [0.05, 0.1) is 17.3 Å². The summed E-state index contributed by atoms with van der Waals surface area (Å²) in [6, 6.07) is 13.4. The number of benzene rings is 2. The van der Waals surface area contributed by atoms with Crippen LogP contribution in [0.25, 0.3) is 20.8 Å². The standard InChI is InChI=1S/C18H15NO3S/c1-11(2)18(20)22-15-10-12(8-9-14(15)21-3)17-19-13-6-4-5-7-16(13)23-17/h4-10H,1H2,2-3H3. The lowest BCUT2D eigenvalue weighted by molar-refractivity contribution is -0.130. The number of hydrogen-bond donors (Lipinski definition) is 0. The van der Waals surface area contributed by atoms with Gasteiger partial charge in [0.2, 0.25) is 0 Å². The van der Waals surface area contributed by atoms with Crippen LogP contribution in [0.4, 0.5) is 0 Å². The zero-order valence-corrected chi connectivity index (χ0v) is 13.6. The molecule has 0 amide bonds. The van der Waals surface area contributed by atoms with Crippen LogP contribution in [-0.2, 0) is 4.79 Å². The van der Waals surface area contributed by atoms with Gasteiger partial charge < -0.3 is 9.47 Å². The topological polar surface area (TPSA) is 48.4 Å². The normalized spacial score (nSPS) is 10.5. The minimum Gasteiger partial charge on any atom is -0.493 e. The first-order chi connectivity index (χ1) is 11.1. The van der Waals surface area contributed by atoms with E-state index in [0.717, 1.165) is 20.8 Å². The molecule has 1 aromatic heterocycles. The molecule has 2 aromatic carbocycles. The molecule has 0 saturated carbocycles. The van der Waals surface area contributed by atoms with Gasteiger partial charge in [-0.25, -0.2) is 9.78 Å². The van der Waals surface area contributed by atoms with Crippen molar-refractivity contribution in [3.05, 3.63) is 54.6 Å². The van der Waals surface area contributed by atoms with Gasteiger partial charge in [-0.15, -0.1) is 11.3 Å². The number of nitrogens with zero attached hydrogens (tertiary/aromatic N) is 1. The van der Waals surface area contributed by atoms with Crippen LogP contribution in [0.1, 0.15) is 6.92 Å². The maximum atomic E-state index is 11.8. The molecular weight excluding hydrogens is 310 g/mol. The molecule has 0 aliphatic carbocycles. The summed E-state index contributed by atoms with van der Waals surface area (Å²) in [7, 11) is 1.53. The summed E-state index contributed by atoms with van der Waals surface area (Å²) in [5.74, 6) is 0.367. The zero-order valence-electron chi connectivity index (χ0n) is 12.8. The molecule has 0 fully saturated rings. The molecule has 4 nitrogen and oxygen atoms in total. The van der Waals surface area contributed by atoms with Crippen molar-refractivity contribution in [3.8, 4) is 22.1 Å². The average Bonchev–Trinajstić information content (AvgIpc) is 2.98. The third kappa shape index (κ3) is 3.10. The Morgan fingerprint density at radius 1 is 1.17 bits per heavy atom. The Morgan fingerprint density at radius 2 is 1.96 bits per heavy atom. The van der Waals surface area contributed by atoms with Crippen molar-refractivity contribution in [2.75, 3.05) is 7.11 Å². The maximum absolute atomic E-state index is 11.8. The zero-order chi connectivity index (χ0) is 16.4. The quantitative estimate of drug-likeness (QED) is 0.404. The Labute approximate surface area is 138 Å². The molecule has 23 heavy (non-hydrogen) atoms. The summed E-state index contributed by atoms with van der Waals surface area (Å²) in [6.45, 7) is 5.19. The lowest BCUT2D eigenvalue weighted by atomic mass is 10.2. The average molecular weight is 325 g/mol. The van der Waals surface area contributed by atoms with Gasteiger partial charge >= 0.3 is 5.97 Å². The van der Waals surface area contributed by atoms with E-state index in [1.54, 1.807) is 30.4 Å². The predicted octanol–water partition coefficient (Wildman–Crippen LogP) is 4.45. The van der Waals surface area contributed by atoms with Crippen LogP contribution in [0, 0.1) is 0 Å². The summed E-state index contributed by atoms with van der Waals surface area (Å²) in [5, 5.41) is 0.862. The third-order valence-corrected chi connectivity index (χ3v) is 4.34. The largest absolute Gasteiger partial charge is 0.493 e. The number of rotatable bonds is 4. The lowest BCUT2D eigenvalue weighted by Gasteiger charge is -2.10. The van der Waals surface area contributed by atoms with E-state index in [9.17, 15) is 4.79 Å². The highest BCUT2D eigenvalue weighted by Crippen LogP contribution is 2.36. The molecule has 0 radical (unpaired) electrons. The van der Waals surface area contributed by atoms with Crippen LogP contribution < -0.4 is 9.47 Å². The highest BCUT2D eigenvalue weighted by molar-refractivity contribution is 7.21. The van der Waals surface area contributed by atoms with E-state index in [-0.39, 0.29) is 0 Å². The van der Waals surface area contributed by atoms with Gasteiger partial charge in [-0.1, -0.05) is 18.7 Å². The van der Waals surface area contributed by atoms with Gasteiger partial charge in [-0.05, 0) is 37.3 Å². The van der Waals surface area contributed by atoms with E-state index in [4.69, 9.17) is 9.47 Å². The molecule has 0 atom stereocenters. The van der Waals surface area contributed by atoms with E-state index in [0.29, 0.717) is 17.1 Å². The number of carbonyl (C=O) groups excluding carboxylic acids is 1. The number of thiazole rings is 1. The molecule has 0 aliphatic rings. The fraction of sp³-hybridized carbons (Fsp3) is 0.111. The van der Waals surface area contributed by atoms with E-state index in [1.807, 2.05) is 30.3 Å². The number of methoxy groups -OCH3 is 1. The molecule has 0 bridgehead atoms. The molecule has 0 spiro atoms. The van der Waals surface area contributed by atoms with Gasteiger partial charge in [-0.3, -0.25) is 0 Å². The second kappa shape index (κ2) is 6.22. The monoisotopic (exact) mass is 325 g/mol. The Bertz CT molecular complexity index is 865. The maximum Gasteiger partial charge on any atom is 0.338 e. The molecule has 116 valence electrons. The first kappa shape index (κ1) is 15.2. The van der Waals surface area contributed by atoms with Crippen molar-refractivity contribution in [2.24, 2.45) is 0 Å². The van der Waals surface area contributed by atoms with Crippen molar-refractivity contribution >= 4 is 27.5 Å². The second-order valence-corrected chi connectivity index (χ2v) is 6.05. The molecule has 3 rings (SSSR count). The van der Waals surface area contributed by atoms with Crippen molar-refractivity contribution < 1.29 is 14.3 Å². The summed E-state index contributed by atoms with van der Waals surface area (Å²) >= 11 is 1.59. The molecule has 1 heterocycles. The highest BCUT2D eigenvalue weighted by atomic mass is 32.1. The van der Waals surface area contributed by atoms with Crippen LogP contribution in [0.5, 0.6) is 11.5 Å². The van der Waals surface area contributed by atoms with Gasteiger partial charge in [0.1, 0.15) is 5.01 Å².